The predicted molar refractivity (Wildman–Crippen MR) is 62.7 cm³/mol. The highest BCUT2D eigenvalue weighted by Gasteiger charge is 2.29. The summed E-state index contributed by atoms with van der Waals surface area (Å²) in [5.74, 6) is 1.39. The lowest BCUT2D eigenvalue weighted by Crippen LogP contribution is -2.26. The summed E-state index contributed by atoms with van der Waals surface area (Å²) in [5.41, 5.74) is 1.34. The maximum atomic E-state index is 5.94. The van der Waals surface area contributed by atoms with E-state index in [4.69, 9.17) is 4.74 Å². The van der Waals surface area contributed by atoms with E-state index in [0.717, 1.165) is 6.61 Å². The van der Waals surface area contributed by atoms with Gasteiger partial charge in [-0.25, -0.2) is 0 Å². The zero-order chi connectivity index (χ0) is 10.7. The second-order valence-electron chi connectivity index (χ2n) is 4.75. The first kappa shape index (κ1) is 10.7. The molecule has 0 radical (unpaired) electrons. The van der Waals surface area contributed by atoms with E-state index < -0.39 is 0 Å². The summed E-state index contributed by atoms with van der Waals surface area (Å²) in [6.07, 6.45) is 2.84. The molecule has 0 unspecified atom stereocenters. The molecule has 1 saturated heterocycles. The van der Waals surface area contributed by atoms with Gasteiger partial charge in [0.05, 0.1) is 6.10 Å². The van der Waals surface area contributed by atoms with Gasteiger partial charge >= 0.3 is 0 Å². The van der Waals surface area contributed by atoms with Crippen LogP contribution in [-0.2, 0) is 4.74 Å². The van der Waals surface area contributed by atoms with Crippen LogP contribution >= 0.6 is 0 Å². The van der Waals surface area contributed by atoms with Crippen molar-refractivity contribution < 1.29 is 4.74 Å². The Morgan fingerprint density at radius 3 is 2.60 bits per heavy atom. The SMILES string of the molecule is CC(C)[C@@H]1CCCO[C@@H]1c1ccccc1. The van der Waals surface area contributed by atoms with Crippen LogP contribution in [0.5, 0.6) is 0 Å². The van der Waals surface area contributed by atoms with Crippen LogP contribution in [-0.4, -0.2) is 6.61 Å². The van der Waals surface area contributed by atoms with Gasteiger partial charge in [-0.15, -0.1) is 0 Å². The van der Waals surface area contributed by atoms with Crippen molar-refractivity contribution in [3.05, 3.63) is 35.9 Å². The van der Waals surface area contributed by atoms with E-state index in [-0.39, 0.29) is 0 Å². The van der Waals surface area contributed by atoms with Crippen LogP contribution in [0.3, 0.4) is 0 Å². The molecule has 0 N–H and O–H groups in total. The van der Waals surface area contributed by atoms with Crippen LogP contribution in [0.15, 0.2) is 30.3 Å². The van der Waals surface area contributed by atoms with Gasteiger partial charge in [-0.1, -0.05) is 44.2 Å². The summed E-state index contributed by atoms with van der Waals surface area (Å²) in [4.78, 5) is 0. The fourth-order valence-corrected chi connectivity index (χ4v) is 2.47. The highest BCUT2D eigenvalue weighted by Crippen LogP contribution is 2.37. The number of hydrogen-bond acceptors (Lipinski definition) is 1. The van der Waals surface area contributed by atoms with Crippen molar-refractivity contribution in [1.29, 1.82) is 0 Å². The molecular formula is C14H20O. The molecule has 0 amide bonds. The molecule has 1 aromatic rings. The Morgan fingerprint density at radius 1 is 1.20 bits per heavy atom. The summed E-state index contributed by atoms with van der Waals surface area (Å²) in [6.45, 7) is 5.52. The lowest BCUT2D eigenvalue weighted by atomic mass is 9.82. The third-order valence-electron chi connectivity index (χ3n) is 3.35. The van der Waals surface area contributed by atoms with Gasteiger partial charge in [0.25, 0.3) is 0 Å². The summed E-state index contributed by atoms with van der Waals surface area (Å²) in [6, 6.07) is 10.6. The summed E-state index contributed by atoms with van der Waals surface area (Å²) >= 11 is 0. The van der Waals surface area contributed by atoms with Gasteiger partial charge in [-0.3, -0.25) is 0 Å². The van der Waals surface area contributed by atoms with Crippen LogP contribution in [0.2, 0.25) is 0 Å². The van der Waals surface area contributed by atoms with Gasteiger partial charge in [0.15, 0.2) is 0 Å². The van der Waals surface area contributed by atoms with E-state index in [1.54, 1.807) is 0 Å². The Morgan fingerprint density at radius 2 is 1.93 bits per heavy atom. The van der Waals surface area contributed by atoms with Gasteiger partial charge in [-0.2, -0.15) is 0 Å². The van der Waals surface area contributed by atoms with E-state index >= 15 is 0 Å². The molecule has 2 rings (SSSR count). The van der Waals surface area contributed by atoms with Crippen LogP contribution in [0.1, 0.15) is 38.4 Å². The van der Waals surface area contributed by atoms with E-state index in [2.05, 4.69) is 44.2 Å². The van der Waals surface area contributed by atoms with Crippen LogP contribution in [0, 0.1) is 11.8 Å². The second-order valence-corrected chi connectivity index (χ2v) is 4.75. The molecule has 0 saturated carbocycles. The number of ether oxygens (including phenoxy) is 1. The molecule has 1 heterocycles. The Balaban J connectivity index is 2.18. The first-order chi connectivity index (χ1) is 7.29. The average Bonchev–Trinajstić information content (AvgIpc) is 2.30. The number of hydrogen-bond donors (Lipinski definition) is 0. The standard InChI is InChI=1S/C14H20O/c1-11(2)13-9-6-10-15-14(13)12-7-4-3-5-8-12/h3-5,7-8,11,13-14H,6,9-10H2,1-2H3/t13-,14+/m0/s1. The van der Waals surface area contributed by atoms with E-state index in [9.17, 15) is 0 Å². The Labute approximate surface area is 92.5 Å². The molecular weight excluding hydrogens is 184 g/mol. The number of rotatable bonds is 2. The maximum Gasteiger partial charge on any atom is 0.0855 e. The second kappa shape index (κ2) is 4.80. The van der Waals surface area contributed by atoms with Crippen molar-refractivity contribution in [1.82, 2.24) is 0 Å². The predicted octanol–water partition coefficient (Wildman–Crippen LogP) is 3.81. The maximum absolute atomic E-state index is 5.94. The fraction of sp³-hybridized carbons (Fsp3) is 0.571. The first-order valence-electron chi connectivity index (χ1n) is 5.95. The van der Waals surface area contributed by atoms with Crippen LogP contribution in [0.4, 0.5) is 0 Å². The minimum absolute atomic E-state index is 0.319. The highest BCUT2D eigenvalue weighted by molar-refractivity contribution is 5.18. The highest BCUT2D eigenvalue weighted by atomic mass is 16.5. The van der Waals surface area contributed by atoms with Gasteiger partial charge in [0.2, 0.25) is 0 Å². The van der Waals surface area contributed by atoms with Crippen molar-refractivity contribution in [2.45, 2.75) is 32.8 Å². The Kier molecular flexibility index (Phi) is 3.42. The van der Waals surface area contributed by atoms with Crippen molar-refractivity contribution in [2.75, 3.05) is 6.61 Å². The quantitative estimate of drug-likeness (QED) is 0.711. The Hall–Kier alpha value is -0.820. The van der Waals surface area contributed by atoms with Gasteiger partial charge in [0.1, 0.15) is 0 Å². The van der Waals surface area contributed by atoms with Crippen LogP contribution in [0.25, 0.3) is 0 Å². The normalized spacial score (nSPS) is 26.9. The molecule has 0 aromatic heterocycles. The minimum Gasteiger partial charge on any atom is -0.373 e. The molecule has 15 heavy (non-hydrogen) atoms. The topological polar surface area (TPSA) is 9.23 Å². The first-order valence-corrected chi connectivity index (χ1v) is 5.95. The molecule has 1 aromatic carbocycles. The third kappa shape index (κ3) is 2.40. The van der Waals surface area contributed by atoms with Crippen molar-refractivity contribution >= 4 is 0 Å². The lowest BCUT2D eigenvalue weighted by molar-refractivity contribution is -0.0438. The third-order valence-corrected chi connectivity index (χ3v) is 3.35. The van der Waals surface area contributed by atoms with E-state index in [1.165, 1.54) is 18.4 Å². The van der Waals surface area contributed by atoms with Crippen molar-refractivity contribution in [2.24, 2.45) is 11.8 Å². The van der Waals surface area contributed by atoms with E-state index in [0.29, 0.717) is 17.9 Å². The summed E-state index contributed by atoms with van der Waals surface area (Å²) in [5, 5.41) is 0. The minimum atomic E-state index is 0.319. The molecule has 82 valence electrons. The summed E-state index contributed by atoms with van der Waals surface area (Å²) < 4.78 is 5.94. The monoisotopic (exact) mass is 204 g/mol. The lowest BCUT2D eigenvalue weighted by Gasteiger charge is -2.34. The smallest absolute Gasteiger partial charge is 0.0855 e. The van der Waals surface area contributed by atoms with Crippen molar-refractivity contribution in [3.63, 3.8) is 0 Å². The molecule has 1 aliphatic heterocycles. The molecule has 1 heteroatoms. The largest absolute Gasteiger partial charge is 0.373 e. The molecule has 1 nitrogen and oxygen atoms in total. The van der Waals surface area contributed by atoms with Gasteiger partial charge < -0.3 is 4.74 Å². The molecule has 0 aliphatic carbocycles. The summed E-state index contributed by atoms with van der Waals surface area (Å²) in [7, 11) is 0. The van der Waals surface area contributed by atoms with Crippen molar-refractivity contribution in [3.8, 4) is 0 Å². The van der Waals surface area contributed by atoms with Gasteiger partial charge in [0, 0.05) is 6.61 Å². The number of benzene rings is 1. The fourth-order valence-electron chi connectivity index (χ4n) is 2.47. The van der Waals surface area contributed by atoms with Gasteiger partial charge in [-0.05, 0) is 30.2 Å². The zero-order valence-corrected chi connectivity index (χ0v) is 9.65. The van der Waals surface area contributed by atoms with Crippen LogP contribution < -0.4 is 0 Å². The molecule has 1 fully saturated rings. The molecule has 2 atom stereocenters. The Bertz CT molecular complexity index is 291. The molecule has 1 aliphatic rings. The molecule has 0 spiro atoms. The zero-order valence-electron chi connectivity index (χ0n) is 9.65. The average molecular weight is 204 g/mol. The van der Waals surface area contributed by atoms with E-state index in [1.807, 2.05) is 0 Å². The molecule has 0 bridgehead atoms.